The molecule has 0 aliphatic carbocycles. The number of aliphatic hydroxyl groups is 3. The molecule has 1 aliphatic rings. The van der Waals surface area contributed by atoms with Crippen LogP contribution in [0.4, 0.5) is 4.39 Å². The Kier molecular flexibility index (Phi) is 8.56. The van der Waals surface area contributed by atoms with Gasteiger partial charge in [0.15, 0.2) is 6.29 Å². The van der Waals surface area contributed by atoms with E-state index in [2.05, 4.69) is 6.92 Å². The summed E-state index contributed by atoms with van der Waals surface area (Å²) in [5.41, 5.74) is 0. The number of hydrogen-bond acceptors (Lipinski definition) is 5. The highest BCUT2D eigenvalue weighted by atomic mass is 19.1. The molecule has 0 aromatic rings. The molecule has 20 heavy (non-hydrogen) atoms. The number of ether oxygens (including phenoxy) is 2. The van der Waals surface area contributed by atoms with E-state index in [1.165, 1.54) is 19.3 Å². The van der Waals surface area contributed by atoms with Gasteiger partial charge in [-0.15, -0.1) is 0 Å². The Balaban J connectivity index is 2.21. The third-order valence-electron chi connectivity index (χ3n) is 3.60. The molecular formula is C14H27FO5. The van der Waals surface area contributed by atoms with Gasteiger partial charge >= 0.3 is 0 Å². The molecule has 0 spiro atoms. The molecule has 0 saturated carbocycles. The van der Waals surface area contributed by atoms with Crippen molar-refractivity contribution in [1.82, 2.24) is 0 Å². The fraction of sp³-hybridized carbons (Fsp3) is 1.00. The zero-order valence-corrected chi connectivity index (χ0v) is 12.1. The van der Waals surface area contributed by atoms with Crippen molar-refractivity contribution in [3.8, 4) is 0 Å². The molecule has 3 N–H and O–H groups in total. The zero-order chi connectivity index (χ0) is 15.0. The second-order valence-electron chi connectivity index (χ2n) is 5.31. The SMILES string of the molecule is CCCCCCCCO[C@@H]1O[C@H](CF)[C@@H](O)[C@H](O)[C@H]1O. The summed E-state index contributed by atoms with van der Waals surface area (Å²) in [5, 5.41) is 28.8. The quantitative estimate of drug-likeness (QED) is 0.556. The lowest BCUT2D eigenvalue weighted by Gasteiger charge is -2.39. The van der Waals surface area contributed by atoms with E-state index in [1.54, 1.807) is 0 Å². The van der Waals surface area contributed by atoms with Gasteiger partial charge in [-0.2, -0.15) is 0 Å². The molecule has 1 heterocycles. The van der Waals surface area contributed by atoms with E-state index < -0.39 is 37.4 Å². The topological polar surface area (TPSA) is 79.2 Å². The second kappa shape index (κ2) is 9.63. The highest BCUT2D eigenvalue weighted by Crippen LogP contribution is 2.22. The van der Waals surface area contributed by atoms with Crippen molar-refractivity contribution >= 4 is 0 Å². The summed E-state index contributed by atoms with van der Waals surface area (Å²) in [6.07, 6.45) is 0.170. The minimum Gasteiger partial charge on any atom is -0.387 e. The second-order valence-corrected chi connectivity index (χ2v) is 5.31. The van der Waals surface area contributed by atoms with Crippen LogP contribution in [0, 0.1) is 0 Å². The van der Waals surface area contributed by atoms with Crippen molar-refractivity contribution in [3.63, 3.8) is 0 Å². The van der Waals surface area contributed by atoms with Gasteiger partial charge in [-0.3, -0.25) is 0 Å². The molecule has 1 aliphatic heterocycles. The average Bonchev–Trinajstić information content (AvgIpc) is 2.46. The maximum absolute atomic E-state index is 12.6. The number of rotatable bonds is 9. The van der Waals surface area contributed by atoms with Crippen molar-refractivity contribution in [3.05, 3.63) is 0 Å². The summed E-state index contributed by atoms with van der Waals surface area (Å²) in [6.45, 7) is 1.61. The van der Waals surface area contributed by atoms with Gasteiger partial charge in [0.05, 0.1) is 0 Å². The van der Waals surface area contributed by atoms with Crippen molar-refractivity contribution < 1.29 is 29.2 Å². The summed E-state index contributed by atoms with van der Waals surface area (Å²) in [4.78, 5) is 0. The molecule has 1 fully saturated rings. The maximum Gasteiger partial charge on any atom is 0.186 e. The number of unbranched alkanes of at least 4 members (excludes halogenated alkanes) is 5. The summed E-state index contributed by atoms with van der Waals surface area (Å²) in [6, 6.07) is 0. The predicted molar refractivity (Wildman–Crippen MR) is 72.0 cm³/mol. The van der Waals surface area contributed by atoms with Crippen LogP contribution in [-0.2, 0) is 9.47 Å². The molecule has 1 saturated heterocycles. The molecule has 1 rings (SSSR count). The van der Waals surface area contributed by atoms with Crippen LogP contribution in [0.25, 0.3) is 0 Å². The minimum absolute atomic E-state index is 0.385. The van der Waals surface area contributed by atoms with E-state index in [-0.39, 0.29) is 0 Å². The van der Waals surface area contributed by atoms with Crippen LogP contribution in [0.3, 0.4) is 0 Å². The molecular weight excluding hydrogens is 267 g/mol. The maximum atomic E-state index is 12.6. The molecule has 0 radical (unpaired) electrons. The Morgan fingerprint density at radius 1 is 0.950 bits per heavy atom. The fourth-order valence-electron chi connectivity index (χ4n) is 2.26. The van der Waals surface area contributed by atoms with Crippen LogP contribution in [0.15, 0.2) is 0 Å². The first-order valence-electron chi connectivity index (χ1n) is 7.49. The van der Waals surface area contributed by atoms with E-state index >= 15 is 0 Å². The third kappa shape index (κ3) is 5.26. The molecule has 0 aromatic carbocycles. The van der Waals surface area contributed by atoms with Gasteiger partial charge in [-0.1, -0.05) is 39.0 Å². The van der Waals surface area contributed by atoms with E-state index in [9.17, 15) is 19.7 Å². The minimum atomic E-state index is -1.45. The number of aliphatic hydroxyl groups excluding tert-OH is 3. The van der Waals surface area contributed by atoms with Crippen molar-refractivity contribution in [2.24, 2.45) is 0 Å². The van der Waals surface area contributed by atoms with Gasteiger partial charge < -0.3 is 24.8 Å². The first-order chi connectivity index (χ1) is 9.61. The highest BCUT2D eigenvalue weighted by Gasteiger charge is 2.44. The Labute approximate surface area is 119 Å². The first-order valence-corrected chi connectivity index (χ1v) is 7.49. The third-order valence-corrected chi connectivity index (χ3v) is 3.60. The summed E-state index contributed by atoms with van der Waals surface area (Å²) >= 11 is 0. The highest BCUT2D eigenvalue weighted by molar-refractivity contribution is 4.88. The number of hydrogen-bond donors (Lipinski definition) is 3. The Morgan fingerprint density at radius 3 is 2.25 bits per heavy atom. The van der Waals surface area contributed by atoms with Crippen molar-refractivity contribution in [1.29, 1.82) is 0 Å². The van der Waals surface area contributed by atoms with Crippen LogP contribution in [0.1, 0.15) is 45.4 Å². The lowest BCUT2D eigenvalue weighted by Crippen LogP contribution is -2.58. The van der Waals surface area contributed by atoms with Gasteiger partial charge in [0.1, 0.15) is 31.1 Å². The molecule has 5 nitrogen and oxygen atoms in total. The standard InChI is InChI=1S/C14H27FO5/c1-2-3-4-5-6-7-8-19-14-13(18)12(17)11(16)10(9-15)20-14/h10-14,16-18H,2-9H2,1H3/t10-,11-,12+,13-,14-/m1/s1. The monoisotopic (exact) mass is 294 g/mol. The zero-order valence-electron chi connectivity index (χ0n) is 12.1. The molecule has 6 heteroatoms. The fourth-order valence-corrected chi connectivity index (χ4v) is 2.26. The van der Waals surface area contributed by atoms with Crippen LogP contribution >= 0.6 is 0 Å². The number of alkyl halides is 1. The normalized spacial score (nSPS) is 34.4. The van der Waals surface area contributed by atoms with Crippen molar-refractivity contribution in [2.75, 3.05) is 13.3 Å². The Bertz CT molecular complexity index is 252. The van der Waals surface area contributed by atoms with Gasteiger partial charge in [0, 0.05) is 6.61 Å². The van der Waals surface area contributed by atoms with Crippen LogP contribution in [0.2, 0.25) is 0 Å². The van der Waals surface area contributed by atoms with E-state index in [0.717, 1.165) is 19.3 Å². The smallest absolute Gasteiger partial charge is 0.186 e. The van der Waals surface area contributed by atoms with E-state index in [1.807, 2.05) is 0 Å². The van der Waals surface area contributed by atoms with Gasteiger partial charge in [0.25, 0.3) is 0 Å². The summed E-state index contributed by atoms with van der Waals surface area (Å²) in [7, 11) is 0. The number of halogens is 1. The van der Waals surface area contributed by atoms with Gasteiger partial charge in [-0.25, -0.2) is 4.39 Å². The molecule has 0 amide bonds. The Hall–Kier alpha value is -0.270. The van der Waals surface area contributed by atoms with Gasteiger partial charge in [-0.05, 0) is 6.42 Å². The average molecular weight is 294 g/mol. The largest absolute Gasteiger partial charge is 0.387 e. The lowest BCUT2D eigenvalue weighted by molar-refractivity contribution is -0.298. The predicted octanol–water partition coefficient (Wildman–Crippen LogP) is 1.14. The van der Waals surface area contributed by atoms with Crippen LogP contribution < -0.4 is 0 Å². The lowest BCUT2D eigenvalue weighted by atomic mass is 10.00. The molecule has 0 aromatic heterocycles. The summed E-state index contributed by atoms with van der Waals surface area (Å²) in [5.74, 6) is 0. The molecule has 120 valence electrons. The van der Waals surface area contributed by atoms with Gasteiger partial charge in [0.2, 0.25) is 0 Å². The van der Waals surface area contributed by atoms with Crippen molar-refractivity contribution in [2.45, 2.75) is 76.2 Å². The van der Waals surface area contributed by atoms with E-state index in [0.29, 0.717) is 6.61 Å². The summed E-state index contributed by atoms with van der Waals surface area (Å²) < 4.78 is 23.1. The molecule has 5 atom stereocenters. The van der Waals surface area contributed by atoms with E-state index in [4.69, 9.17) is 9.47 Å². The molecule has 0 unspecified atom stereocenters. The first kappa shape index (κ1) is 17.8. The van der Waals surface area contributed by atoms with Crippen LogP contribution in [-0.4, -0.2) is 59.3 Å². The van der Waals surface area contributed by atoms with Crippen LogP contribution in [0.5, 0.6) is 0 Å². The Morgan fingerprint density at radius 2 is 1.60 bits per heavy atom. The molecule has 0 bridgehead atoms.